The number of carbonyl (C=O) groups is 4. The van der Waals surface area contributed by atoms with Crippen LogP contribution in [0, 0.1) is 11.8 Å². The highest BCUT2D eigenvalue weighted by Gasteiger charge is 2.70. The molecule has 0 aromatic heterocycles. The Morgan fingerprint density at radius 1 is 1.09 bits per heavy atom. The van der Waals surface area contributed by atoms with Crippen molar-refractivity contribution >= 4 is 52.6 Å². The Balaban J connectivity index is 1.60. The highest BCUT2D eigenvalue weighted by molar-refractivity contribution is 6.31. The number of hydrogen-bond acceptors (Lipinski definition) is 5. The van der Waals surface area contributed by atoms with Crippen molar-refractivity contribution in [3.63, 3.8) is 0 Å². The molecule has 3 aliphatic rings. The molecule has 3 aliphatic heterocycles. The number of carbonyl (C=O) groups excluding carboxylic acids is 3. The van der Waals surface area contributed by atoms with Crippen molar-refractivity contribution in [2.24, 2.45) is 11.8 Å². The molecule has 33 heavy (non-hydrogen) atoms. The van der Waals surface area contributed by atoms with Gasteiger partial charge in [-0.1, -0.05) is 41.4 Å². The third kappa shape index (κ3) is 3.24. The van der Waals surface area contributed by atoms with Gasteiger partial charge in [0.2, 0.25) is 17.7 Å². The number of carboxylic acids is 1. The molecule has 4 unspecified atom stereocenters. The number of amides is 3. The normalized spacial score (nSPS) is 27.8. The van der Waals surface area contributed by atoms with E-state index in [1.54, 1.807) is 42.5 Å². The van der Waals surface area contributed by atoms with E-state index in [2.05, 4.69) is 10.6 Å². The van der Waals surface area contributed by atoms with Crippen molar-refractivity contribution in [3.05, 3.63) is 63.6 Å². The lowest BCUT2D eigenvalue weighted by molar-refractivity contribution is -0.144. The SMILES string of the molecule is O=C(O)CCC1NC2(C(=O)Nc3ccc(Cl)cc32)C2C(=O)N(Cc3ccccc3Cl)C(=O)C12. The smallest absolute Gasteiger partial charge is 0.303 e. The van der Waals surface area contributed by atoms with Crippen LogP contribution in [-0.2, 0) is 31.3 Å². The Labute approximate surface area is 198 Å². The number of carboxylic acid groups (broad SMARTS) is 1. The standard InChI is InChI=1S/C23H19Cl2N3O5/c24-12-5-6-15-13(9-12)23(22(33)26-15)19-18(16(27-23)7-8-17(29)30)20(31)28(21(19)32)10-11-3-1-2-4-14(11)25/h1-6,9,16,18-19,27H,7-8,10H2,(H,26,33)(H,29,30). The van der Waals surface area contributed by atoms with Crippen molar-refractivity contribution in [2.45, 2.75) is 31.0 Å². The van der Waals surface area contributed by atoms with Crippen molar-refractivity contribution < 1.29 is 24.3 Å². The molecule has 8 nitrogen and oxygen atoms in total. The molecule has 0 bridgehead atoms. The predicted octanol–water partition coefficient (Wildman–Crippen LogP) is 2.78. The molecule has 2 aromatic rings. The quantitative estimate of drug-likeness (QED) is 0.558. The molecule has 3 N–H and O–H groups in total. The highest BCUT2D eigenvalue weighted by Crippen LogP contribution is 2.54. The van der Waals surface area contributed by atoms with Gasteiger partial charge in [-0.2, -0.15) is 0 Å². The number of nitrogens with zero attached hydrogens (tertiary/aromatic N) is 1. The summed E-state index contributed by atoms with van der Waals surface area (Å²) in [6.45, 7) is -0.0317. The van der Waals surface area contributed by atoms with E-state index in [0.717, 1.165) is 4.90 Å². The number of imide groups is 1. The molecular weight excluding hydrogens is 469 g/mol. The third-order valence-electron chi connectivity index (χ3n) is 6.72. The number of nitrogens with one attached hydrogen (secondary N) is 2. The number of benzene rings is 2. The Kier molecular flexibility index (Phi) is 5.19. The Bertz CT molecular complexity index is 1220. The third-order valence-corrected chi connectivity index (χ3v) is 7.33. The van der Waals surface area contributed by atoms with Gasteiger partial charge in [0.15, 0.2) is 0 Å². The van der Waals surface area contributed by atoms with Gasteiger partial charge in [0.05, 0.1) is 18.4 Å². The Hall–Kier alpha value is -2.94. The summed E-state index contributed by atoms with van der Waals surface area (Å²) in [6, 6.07) is 11.1. The summed E-state index contributed by atoms with van der Waals surface area (Å²) >= 11 is 12.5. The van der Waals surface area contributed by atoms with Crippen molar-refractivity contribution in [1.29, 1.82) is 0 Å². The summed E-state index contributed by atoms with van der Waals surface area (Å²) in [5.74, 6) is -4.38. The topological polar surface area (TPSA) is 116 Å². The van der Waals surface area contributed by atoms with Crippen molar-refractivity contribution in [1.82, 2.24) is 10.2 Å². The Morgan fingerprint density at radius 2 is 1.85 bits per heavy atom. The van der Waals surface area contributed by atoms with Crippen molar-refractivity contribution in [2.75, 3.05) is 5.32 Å². The fraction of sp³-hybridized carbons (Fsp3) is 0.304. The zero-order valence-corrected chi connectivity index (χ0v) is 18.7. The molecule has 170 valence electrons. The van der Waals surface area contributed by atoms with Crippen LogP contribution in [0.3, 0.4) is 0 Å². The molecule has 10 heteroatoms. The first-order valence-corrected chi connectivity index (χ1v) is 11.2. The van der Waals surface area contributed by atoms with Crippen LogP contribution in [0.25, 0.3) is 0 Å². The summed E-state index contributed by atoms with van der Waals surface area (Å²) in [6.07, 6.45) is -0.132. The maximum Gasteiger partial charge on any atom is 0.303 e. The van der Waals surface area contributed by atoms with E-state index < -0.39 is 47.1 Å². The molecular formula is C23H19Cl2N3O5. The van der Waals surface area contributed by atoms with E-state index in [4.69, 9.17) is 23.2 Å². The first-order chi connectivity index (χ1) is 15.7. The van der Waals surface area contributed by atoms with E-state index in [0.29, 0.717) is 26.9 Å². The van der Waals surface area contributed by atoms with Crippen LogP contribution >= 0.6 is 23.2 Å². The lowest BCUT2D eigenvalue weighted by Crippen LogP contribution is -2.53. The number of hydrogen-bond donors (Lipinski definition) is 3. The summed E-state index contributed by atoms with van der Waals surface area (Å²) in [4.78, 5) is 52.9. The molecule has 0 saturated carbocycles. The molecule has 3 heterocycles. The molecule has 4 atom stereocenters. The molecule has 5 rings (SSSR count). The minimum absolute atomic E-state index is 0.0317. The number of rotatable bonds is 5. The maximum absolute atomic E-state index is 13.7. The van der Waals surface area contributed by atoms with Crippen LogP contribution in [0.15, 0.2) is 42.5 Å². The average Bonchev–Trinajstić information content (AvgIpc) is 3.34. The fourth-order valence-electron chi connectivity index (χ4n) is 5.31. The number of fused-ring (bicyclic) bond motifs is 4. The highest BCUT2D eigenvalue weighted by atomic mass is 35.5. The van der Waals surface area contributed by atoms with Crippen LogP contribution < -0.4 is 10.6 Å². The second-order valence-corrected chi connectivity index (χ2v) is 9.34. The van der Waals surface area contributed by atoms with Gasteiger partial charge in [-0.15, -0.1) is 0 Å². The lowest BCUT2D eigenvalue weighted by Gasteiger charge is -2.29. The second kappa shape index (κ2) is 7.83. The second-order valence-electron chi connectivity index (χ2n) is 8.49. The van der Waals surface area contributed by atoms with Crippen LogP contribution in [0.5, 0.6) is 0 Å². The zero-order chi connectivity index (χ0) is 23.5. The van der Waals surface area contributed by atoms with Crippen LogP contribution in [0.4, 0.5) is 5.69 Å². The van der Waals surface area contributed by atoms with Gasteiger partial charge in [-0.3, -0.25) is 29.4 Å². The van der Waals surface area contributed by atoms with Gasteiger partial charge in [-0.25, -0.2) is 0 Å². The molecule has 2 aromatic carbocycles. The van der Waals surface area contributed by atoms with Crippen LogP contribution in [0.1, 0.15) is 24.0 Å². The van der Waals surface area contributed by atoms with E-state index in [-0.39, 0.29) is 19.4 Å². The Morgan fingerprint density at radius 3 is 2.58 bits per heavy atom. The minimum Gasteiger partial charge on any atom is -0.481 e. The monoisotopic (exact) mass is 487 g/mol. The lowest BCUT2D eigenvalue weighted by atomic mass is 9.76. The predicted molar refractivity (Wildman–Crippen MR) is 120 cm³/mol. The van der Waals surface area contributed by atoms with Gasteiger partial charge in [0.25, 0.3) is 0 Å². The van der Waals surface area contributed by atoms with Gasteiger partial charge in [0, 0.05) is 33.8 Å². The summed E-state index contributed by atoms with van der Waals surface area (Å²) in [5.41, 5.74) is 0.0629. The minimum atomic E-state index is -1.52. The molecule has 1 spiro atoms. The van der Waals surface area contributed by atoms with Gasteiger partial charge in [-0.05, 0) is 36.2 Å². The van der Waals surface area contributed by atoms with E-state index >= 15 is 0 Å². The first-order valence-electron chi connectivity index (χ1n) is 10.4. The molecule has 0 aliphatic carbocycles. The summed E-state index contributed by atoms with van der Waals surface area (Å²) < 4.78 is 0. The van der Waals surface area contributed by atoms with Crippen molar-refractivity contribution in [3.8, 4) is 0 Å². The van der Waals surface area contributed by atoms with Crippen LogP contribution in [0.2, 0.25) is 10.0 Å². The largest absolute Gasteiger partial charge is 0.481 e. The van der Waals surface area contributed by atoms with Crippen LogP contribution in [-0.4, -0.2) is 39.7 Å². The fourth-order valence-corrected chi connectivity index (χ4v) is 5.68. The molecule has 3 amide bonds. The van der Waals surface area contributed by atoms with Gasteiger partial charge < -0.3 is 10.4 Å². The number of aliphatic carboxylic acids is 1. The van der Waals surface area contributed by atoms with Gasteiger partial charge >= 0.3 is 5.97 Å². The summed E-state index contributed by atoms with van der Waals surface area (Å²) in [7, 11) is 0. The maximum atomic E-state index is 13.7. The molecule has 2 fully saturated rings. The zero-order valence-electron chi connectivity index (χ0n) is 17.2. The number of anilines is 1. The molecule has 0 radical (unpaired) electrons. The number of likely N-dealkylation sites (tertiary alicyclic amines) is 1. The average molecular weight is 488 g/mol. The summed E-state index contributed by atoms with van der Waals surface area (Å²) in [5, 5.41) is 16.0. The molecule has 2 saturated heterocycles. The van der Waals surface area contributed by atoms with E-state index in [1.165, 1.54) is 0 Å². The van der Waals surface area contributed by atoms with Gasteiger partial charge in [0.1, 0.15) is 5.54 Å². The van der Waals surface area contributed by atoms with E-state index in [9.17, 15) is 24.3 Å². The first kappa shape index (κ1) is 21.9. The number of halogens is 2. The van der Waals surface area contributed by atoms with E-state index in [1.807, 2.05) is 0 Å².